The monoisotopic (exact) mass is 302 g/mol. The summed E-state index contributed by atoms with van der Waals surface area (Å²) in [7, 11) is 0. The molecule has 2 aromatic rings. The SMILES string of the molecule is O=C(O)c1cc(OCc2ccc(CO)cc2)cc(C(=O)O)c1. The Balaban J connectivity index is 2.17. The zero-order valence-corrected chi connectivity index (χ0v) is 11.5. The molecule has 0 saturated carbocycles. The van der Waals surface area contributed by atoms with Crippen molar-refractivity contribution in [2.75, 3.05) is 0 Å². The van der Waals surface area contributed by atoms with Crippen molar-refractivity contribution in [1.29, 1.82) is 0 Å². The summed E-state index contributed by atoms with van der Waals surface area (Å²) in [5.41, 5.74) is 1.29. The van der Waals surface area contributed by atoms with E-state index in [-0.39, 0.29) is 30.1 Å². The summed E-state index contributed by atoms with van der Waals surface area (Å²) in [6.45, 7) is 0.109. The molecule has 0 radical (unpaired) electrons. The van der Waals surface area contributed by atoms with Crippen molar-refractivity contribution in [2.45, 2.75) is 13.2 Å². The van der Waals surface area contributed by atoms with Crippen LogP contribution in [0, 0.1) is 0 Å². The first-order valence-electron chi connectivity index (χ1n) is 6.43. The van der Waals surface area contributed by atoms with Crippen molar-refractivity contribution in [3.8, 4) is 5.75 Å². The summed E-state index contributed by atoms with van der Waals surface area (Å²) < 4.78 is 5.46. The van der Waals surface area contributed by atoms with Crippen LogP contribution in [0.25, 0.3) is 0 Å². The molecule has 22 heavy (non-hydrogen) atoms. The normalized spacial score (nSPS) is 10.2. The van der Waals surface area contributed by atoms with Gasteiger partial charge in [-0.25, -0.2) is 9.59 Å². The molecular formula is C16H14O6. The zero-order chi connectivity index (χ0) is 16.1. The number of hydrogen-bond acceptors (Lipinski definition) is 4. The molecule has 0 atom stereocenters. The van der Waals surface area contributed by atoms with Crippen molar-refractivity contribution in [2.24, 2.45) is 0 Å². The highest BCUT2D eigenvalue weighted by atomic mass is 16.5. The summed E-state index contributed by atoms with van der Waals surface area (Å²) in [6.07, 6.45) is 0. The number of benzene rings is 2. The number of carbonyl (C=O) groups is 2. The second-order valence-corrected chi connectivity index (χ2v) is 4.62. The number of carboxylic acid groups (broad SMARTS) is 2. The minimum Gasteiger partial charge on any atom is -0.489 e. The molecule has 2 aromatic carbocycles. The fraction of sp³-hybridized carbons (Fsp3) is 0.125. The Hall–Kier alpha value is -2.86. The van der Waals surface area contributed by atoms with Crippen LogP contribution in [-0.2, 0) is 13.2 Å². The number of hydrogen-bond donors (Lipinski definition) is 3. The highest BCUT2D eigenvalue weighted by molar-refractivity contribution is 5.94. The highest BCUT2D eigenvalue weighted by Gasteiger charge is 2.12. The Kier molecular flexibility index (Phi) is 4.75. The highest BCUT2D eigenvalue weighted by Crippen LogP contribution is 2.19. The molecule has 6 nitrogen and oxygen atoms in total. The van der Waals surface area contributed by atoms with E-state index in [1.165, 1.54) is 12.1 Å². The third-order valence-electron chi connectivity index (χ3n) is 3.01. The van der Waals surface area contributed by atoms with Gasteiger partial charge in [0, 0.05) is 0 Å². The van der Waals surface area contributed by atoms with Crippen LogP contribution in [0.3, 0.4) is 0 Å². The average molecular weight is 302 g/mol. The standard InChI is InChI=1S/C16H14O6/c17-8-10-1-3-11(4-2-10)9-22-14-6-12(15(18)19)5-13(7-14)16(20)21/h1-7,17H,8-9H2,(H,18,19)(H,20,21). The predicted molar refractivity (Wildman–Crippen MR) is 77.1 cm³/mol. The van der Waals surface area contributed by atoms with Crippen LogP contribution in [-0.4, -0.2) is 27.3 Å². The number of carboxylic acids is 2. The number of rotatable bonds is 6. The molecule has 0 aliphatic heterocycles. The number of aromatic carboxylic acids is 2. The van der Waals surface area contributed by atoms with Gasteiger partial charge in [0.2, 0.25) is 0 Å². The van der Waals surface area contributed by atoms with Crippen LogP contribution in [0.5, 0.6) is 5.75 Å². The third kappa shape index (κ3) is 3.83. The molecule has 0 saturated heterocycles. The summed E-state index contributed by atoms with van der Waals surface area (Å²) in [4.78, 5) is 22.0. The third-order valence-corrected chi connectivity index (χ3v) is 3.01. The lowest BCUT2D eigenvalue weighted by atomic mass is 10.1. The number of aliphatic hydroxyl groups is 1. The Labute approximate surface area is 126 Å². The second-order valence-electron chi connectivity index (χ2n) is 4.62. The van der Waals surface area contributed by atoms with E-state index in [4.69, 9.17) is 20.1 Å². The zero-order valence-electron chi connectivity index (χ0n) is 11.5. The van der Waals surface area contributed by atoms with Gasteiger partial charge in [-0.1, -0.05) is 24.3 Å². The molecule has 114 valence electrons. The molecule has 0 heterocycles. The van der Waals surface area contributed by atoms with E-state index in [0.29, 0.717) is 0 Å². The molecule has 2 rings (SSSR count). The Bertz CT molecular complexity index is 658. The van der Waals surface area contributed by atoms with E-state index < -0.39 is 11.9 Å². The van der Waals surface area contributed by atoms with Gasteiger partial charge in [0.15, 0.2) is 0 Å². The summed E-state index contributed by atoms with van der Waals surface area (Å²) in [5.74, 6) is -2.27. The molecule has 0 aliphatic rings. The fourth-order valence-corrected chi connectivity index (χ4v) is 1.84. The van der Waals surface area contributed by atoms with Gasteiger partial charge in [-0.2, -0.15) is 0 Å². The maximum atomic E-state index is 11.0. The van der Waals surface area contributed by atoms with E-state index in [2.05, 4.69) is 0 Å². The van der Waals surface area contributed by atoms with Gasteiger partial charge in [0.05, 0.1) is 17.7 Å². The molecule has 3 N–H and O–H groups in total. The summed E-state index contributed by atoms with van der Waals surface area (Å²) >= 11 is 0. The first-order chi connectivity index (χ1) is 10.5. The van der Waals surface area contributed by atoms with Gasteiger partial charge in [-0.15, -0.1) is 0 Å². The molecule has 6 heteroatoms. The van der Waals surface area contributed by atoms with Crippen LogP contribution >= 0.6 is 0 Å². The molecule has 0 aromatic heterocycles. The molecule has 0 bridgehead atoms. The summed E-state index contributed by atoms with van der Waals surface area (Å²) in [6, 6.07) is 10.7. The van der Waals surface area contributed by atoms with Crippen molar-refractivity contribution < 1.29 is 29.6 Å². The molecule has 0 unspecified atom stereocenters. The second kappa shape index (κ2) is 6.73. The van der Waals surface area contributed by atoms with Gasteiger partial charge >= 0.3 is 11.9 Å². The van der Waals surface area contributed by atoms with Crippen molar-refractivity contribution in [3.63, 3.8) is 0 Å². The maximum Gasteiger partial charge on any atom is 0.335 e. The topological polar surface area (TPSA) is 104 Å². The van der Waals surface area contributed by atoms with Crippen LogP contribution in [0.15, 0.2) is 42.5 Å². The van der Waals surface area contributed by atoms with E-state index >= 15 is 0 Å². The van der Waals surface area contributed by atoms with E-state index in [1.807, 2.05) is 0 Å². The summed E-state index contributed by atoms with van der Waals surface area (Å²) in [5, 5.41) is 26.9. The Morgan fingerprint density at radius 2 is 1.36 bits per heavy atom. The smallest absolute Gasteiger partial charge is 0.335 e. The lowest BCUT2D eigenvalue weighted by molar-refractivity contribution is 0.0696. The van der Waals surface area contributed by atoms with E-state index in [0.717, 1.165) is 17.2 Å². The first-order valence-corrected chi connectivity index (χ1v) is 6.43. The van der Waals surface area contributed by atoms with Crippen molar-refractivity contribution in [1.82, 2.24) is 0 Å². The molecule has 0 amide bonds. The lowest BCUT2D eigenvalue weighted by Crippen LogP contribution is -2.04. The Morgan fingerprint density at radius 3 is 1.82 bits per heavy atom. The molecule has 0 aliphatic carbocycles. The number of aliphatic hydroxyl groups excluding tert-OH is 1. The van der Waals surface area contributed by atoms with Gasteiger partial charge in [0.25, 0.3) is 0 Å². The van der Waals surface area contributed by atoms with E-state index in [1.54, 1.807) is 24.3 Å². The predicted octanol–water partition coefficient (Wildman–Crippen LogP) is 2.15. The quantitative estimate of drug-likeness (QED) is 0.755. The van der Waals surface area contributed by atoms with Gasteiger partial charge in [-0.3, -0.25) is 0 Å². The minimum atomic E-state index is -1.22. The Morgan fingerprint density at radius 1 is 0.864 bits per heavy atom. The van der Waals surface area contributed by atoms with Gasteiger partial charge in [-0.05, 0) is 29.3 Å². The average Bonchev–Trinajstić information content (AvgIpc) is 2.53. The maximum absolute atomic E-state index is 11.0. The van der Waals surface area contributed by atoms with Crippen LogP contribution in [0.1, 0.15) is 31.8 Å². The molecular weight excluding hydrogens is 288 g/mol. The van der Waals surface area contributed by atoms with Crippen LogP contribution in [0.2, 0.25) is 0 Å². The van der Waals surface area contributed by atoms with Crippen molar-refractivity contribution in [3.05, 3.63) is 64.7 Å². The molecule has 0 fully saturated rings. The number of ether oxygens (including phenoxy) is 1. The van der Waals surface area contributed by atoms with Gasteiger partial charge < -0.3 is 20.1 Å². The van der Waals surface area contributed by atoms with Gasteiger partial charge in [0.1, 0.15) is 12.4 Å². The fourth-order valence-electron chi connectivity index (χ4n) is 1.84. The van der Waals surface area contributed by atoms with Crippen molar-refractivity contribution >= 4 is 11.9 Å². The lowest BCUT2D eigenvalue weighted by Gasteiger charge is -2.09. The van der Waals surface area contributed by atoms with Crippen LogP contribution < -0.4 is 4.74 Å². The first kappa shape index (κ1) is 15.5. The molecule has 0 spiro atoms. The minimum absolute atomic E-state index is 0.0518. The largest absolute Gasteiger partial charge is 0.489 e. The van der Waals surface area contributed by atoms with Crippen LogP contribution in [0.4, 0.5) is 0 Å². The van der Waals surface area contributed by atoms with E-state index in [9.17, 15) is 9.59 Å².